The second kappa shape index (κ2) is 11.7. The fourth-order valence-corrected chi connectivity index (χ4v) is 4.77. The van der Waals surface area contributed by atoms with E-state index in [2.05, 4.69) is 46.5 Å². The summed E-state index contributed by atoms with van der Waals surface area (Å²) in [5.41, 5.74) is 5.70. The molecule has 1 aliphatic heterocycles. The van der Waals surface area contributed by atoms with Crippen molar-refractivity contribution in [3.05, 3.63) is 93.8 Å². The van der Waals surface area contributed by atoms with Gasteiger partial charge in [-0.2, -0.15) is 0 Å². The number of halogens is 1. The number of aryl methyl sites for hydroxylation is 2. The van der Waals surface area contributed by atoms with Crippen molar-refractivity contribution in [2.24, 2.45) is 0 Å². The number of methoxy groups -OCH3 is 1. The van der Waals surface area contributed by atoms with Crippen LogP contribution in [0.4, 0.5) is 0 Å². The third-order valence-corrected chi connectivity index (χ3v) is 6.88. The first-order valence-corrected chi connectivity index (χ1v) is 12.3. The van der Waals surface area contributed by atoms with Gasteiger partial charge in [-0.05, 0) is 72.4 Å². The van der Waals surface area contributed by atoms with Crippen LogP contribution in [0.25, 0.3) is 0 Å². The lowest BCUT2D eigenvalue weighted by molar-refractivity contribution is -0.125. The van der Waals surface area contributed by atoms with Crippen LogP contribution in [0.2, 0.25) is 5.02 Å². The first-order chi connectivity index (χ1) is 16.9. The first kappa shape index (κ1) is 25.2. The van der Waals surface area contributed by atoms with Crippen molar-refractivity contribution in [3.63, 3.8) is 0 Å². The third-order valence-electron chi connectivity index (χ3n) is 6.63. The number of aromatic nitrogens is 1. The minimum absolute atomic E-state index is 0.0450. The quantitative estimate of drug-likeness (QED) is 0.463. The molecule has 0 unspecified atom stereocenters. The average molecular weight is 493 g/mol. The van der Waals surface area contributed by atoms with Gasteiger partial charge in [-0.15, -0.1) is 0 Å². The number of rotatable bonds is 9. The summed E-state index contributed by atoms with van der Waals surface area (Å²) in [6.07, 6.45) is 4.27. The van der Waals surface area contributed by atoms with E-state index in [-0.39, 0.29) is 18.0 Å². The maximum atomic E-state index is 13.2. The Morgan fingerprint density at radius 1 is 1.11 bits per heavy atom. The molecule has 3 aromatic rings. The number of nitrogens with zero attached hydrogens (tertiary/aromatic N) is 2. The number of benzene rings is 2. The lowest BCUT2D eigenvalue weighted by Gasteiger charge is -2.23. The Labute approximate surface area is 212 Å². The molecule has 0 bridgehead atoms. The molecule has 2 N–H and O–H groups in total. The molecule has 0 saturated carbocycles. The van der Waals surface area contributed by atoms with Crippen molar-refractivity contribution in [1.29, 1.82) is 0 Å². The molecule has 0 radical (unpaired) electrons. The molecule has 184 valence electrons. The van der Waals surface area contributed by atoms with Crippen LogP contribution in [0.5, 0.6) is 5.75 Å². The van der Waals surface area contributed by atoms with Gasteiger partial charge in [-0.3, -0.25) is 14.7 Å². The molecule has 35 heavy (non-hydrogen) atoms. The van der Waals surface area contributed by atoms with E-state index in [1.807, 2.05) is 36.4 Å². The molecule has 0 spiro atoms. The molecule has 1 amide bonds. The van der Waals surface area contributed by atoms with E-state index < -0.39 is 0 Å². The number of carbonyl (C=O) groups excluding carboxylic acids is 1. The molecule has 1 saturated heterocycles. The molecule has 1 aliphatic rings. The van der Waals surface area contributed by atoms with Gasteiger partial charge in [0.05, 0.1) is 13.2 Å². The van der Waals surface area contributed by atoms with E-state index in [0.717, 1.165) is 42.0 Å². The molecule has 2 heterocycles. The summed E-state index contributed by atoms with van der Waals surface area (Å²) in [6.45, 7) is 6.88. The number of hydrogen-bond acceptors (Lipinski definition) is 5. The van der Waals surface area contributed by atoms with Crippen LogP contribution >= 0.6 is 11.6 Å². The Kier molecular flexibility index (Phi) is 8.39. The number of amides is 1. The molecule has 4 rings (SSSR count). The standard InChI is InChI=1S/C28H33ClN4O2/c1-19-12-27(35-3)20(2)11-23(19)16-31-25-13-26(28(34)32-15-22-5-4-10-30-14-22)33(18-25)17-21-6-8-24(29)9-7-21/h4-12,14,25-26,31H,13,15-18H2,1-3H3,(H,32,34)/t25-,26-/m0/s1. The van der Waals surface area contributed by atoms with Crippen molar-refractivity contribution in [2.45, 2.75) is 52.0 Å². The number of nitrogens with one attached hydrogen (secondary N) is 2. The topological polar surface area (TPSA) is 66.5 Å². The predicted octanol–water partition coefficient (Wildman–Crippen LogP) is 4.41. The van der Waals surface area contributed by atoms with Gasteiger partial charge in [0.2, 0.25) is 5.91 Å². The minimum atomic E-state index is -0.210. The highest BCUT2D eigenvalue weighted by atomic mass is 35.5. The Balaban J connectivity index is 1.43. The van der Waals surface area contributed by atoms with E-state index >= 15 is 0 Å². The van der Waals surface area contributed by atoms with Crippen molar-refractivity contribution in [1.82, 2.24) is 20.5 Å². The summed E-state index contributed by atoms with van der Waals surface area (Å²) in [5, 5.41) is 7.51. The Morgan fingerprint density at radius 2 is 1.91 bits per heavy atom. The molecule has 7 heteroatoms. The van der Waals surface area contributed by atoms with Gasteiger partial charge in [0.1, 0.15) is 5.75 Å². The average Bonchev–Trinajstić information content (AvgIpc) is 3.27. The van der Waals surface area contributed by atoms with Gasteiger partial charge in [0.25, 0.3) is 0 Å². The van der Waals surface area contributed by atoms with Gasteiger partial charge >= 0.3 is 0 Å². The number of likely N-dealkylation sites (tertiary alicyclic amines) is 1. The maximum Gasteiger partial charge on any atom is 0.237 e. The lowest BCUT2D eigenvalue weighted by Crippen LogP contribution is -2.42. The van der Waals surface area contributed by atoms with E-state index in [4.69, 9.17) is 16.3 Å². The highest BCUT2D eigenvalue weighted by Gasteiger charge is 2.36. The van der Waals surface area contributed by atoms with Crippen LogP contribution in [-0.2, 0) is 24.4 Å². The summed E-state index contributed by atoms with van der Waals surface area (Å²) in [5.74, 6) is 0.954. The largest absolute Gasteiger partial charge is 0.496 e. The summed E-state index contributed by atoms with van der Waals surface area (Å²) in [7, 11) is 1.70. The van der Waals surface area contributed by atoms with Crippen molar-refractivity contribution in [2.75, 3.05) is 13.7 Å². The fraction of sp³-hybridized carbons (Fsp3) is 0.357. The Hall–Kier alpha value is -2.93. The van der Waals surface area contributed by atoms with Gasteiger partial charge in [0.15, 0.2) is 0 Å². The van der Waals surface area contributed by atoms with Gasteiger partial charge in [-0.25, -0.2) is 0 Å². The third kappa shape index (κ3) is 6.60. The smallest absolute Gasteiger partial charge is 0.237 e. The highest BCUT2D eigenvalue weighted by molar-refractivity contribution is 6.30. The zero-order valence-corrected chi connectivity index (χ0v) is 21.3. The van der Waals surface area contributed by atoms with Crippen LogP contribution in [0, 0.1) is 13.8 Å². The van der Waals surface area contributed by atoms with Crippen LogP contribution in [-0.4, -0.2) is 41.5 Å². The molecular formula is C28H33ClN4O2. The molecule has 2 aromatic carbocycles. The summed E-state index contributed by atoms with van der Waals surface area (Å²) in [4.78, 5) is 19.6. The van der Waals surface area contributed by atoms with Gasteiger partial charge < -0.3 is 15.4 Å². The molecular weight excluding hydrogens is 460 g/mol. The Bertz CT molecular complexity index is 1140. The molecule has 1 aromatic heterocycles. The summed E-state index contributed by atoms with van der Waals surface area (Å²) < 4.78 is 5.45. The highest BCUT2D eigenvalue weighted by Crippen LogP contribution is 2.25. The number of carbonyl (C=O) groups is 1. The molecule has 6 nitrogen and oxygen atoms in total. The number of ether oxygens (including phenoxy) is 1. The van der Waals surface area contributed by atoms with E-state index in [0.29, 0.717) is 18.1 Å². The zero-order valence-electron chi connectivity index (χ0n) is 20.6. The van der Waals surface area contributed by atoms with Gasteiger partial charge in [-0.1, -0.05) is 35.9 Å². The van der Waals surface area contributed by atoms with Crippen molar-refractivity contribution >= 4 is 17.5 Å². The maximum absolute atomic E-state index is 13.2. The van der Waals surface area contributed by atoms with E-state index in [9.17, 15) is 4.79 Å². The van der Waals surface area contributed by atoms with Crippen molar-refractivity contribution < 1.29 is 9.53 Å². The SMILES string of the molecule is COc1cc(C)c(CN[C@H]2C[C@@H](C(=O)NCc3cccnc3)N(Cc3ccc(Cl)cc3)C2)cc1C. The van der Waals surface area contributed by atoms with Gasteiger partial charge in [0, 0.05) is 49.6 Å². The second-order valence-electron chi connectivity index (χ2n) is 9.21. The molecule has 0 aliphatic carbocycles. The molecule has 1 fully saturated rings. The molecule has 2 atom stereocenters. The normalized spacial score (nSPS) is 17.9. The fourth-order valence-electron chi connectivity index (χ4n) is 4.65. The van der Waals surface area contributed by atoms with E-state index in [1.54, 1.807) is 19.5 Å². The van der Waals surface area contributed by atoms with Crippen LogP contribution in [0.15, 0.2) is 60.9 Å². The first-order valence-electron chi connectivity index (χ1n) is 12.0. The van der Waals surface area contributed by atoms with Crippen molar-refractivity contribution in [3.8, 4) is 5.75 Å². The minimum Gasteiger partial charge on any atom is -0.496 e. The Morgan fingerprint density at radius 3 is 2.63 bits per heavy atom. The summed E-state index contributed by atoms with van der Waals surface area (Å²) >= 11 is 6.07. The van der Waals surface area contributed by atoms with E-state index in [1.165, 1.54) is 11.1 Å². The monoisotopic (exact) mass is 492 g/mol. The number of hydrogen-bond donors (Lipinski definition) is 2. The number of pyridine rings is 1. The zero-order chi connectivity index (χ0) is 24.8. The summed E-state index contributed by atoms with van der Waals surface area (Å²) in [6, 6.07) is 16.0. The van der Waals surface area contributed by atoms with Crippen LogP contribution in [0.1, 0.15) is 34.2 Å². The predicted molar refractivity (Wildman–Crippen MR) is 139 cm³/mol. The lowest BCUT2D eigenvalue weighted by atomic mass is 10.0. The van der Waals surface area contributed by atoms with Crippen LogP contribution in [0.3, 0.4) is 0 Å². The second-order valence-corrected chi connectivity index (χ2v) is 9.65. The van der Waals surface area contributed by atoms with Crippen LogP contribution < -0.4 is 15.4 Å².